The first-order valence-electron chi connectivity index (χ1n) is 5.23. The van der Waals surface area contributed by atoms with Gasteiger partial charge in [0.2, 0.25) is 0 Å². The Morgan fingerprint density at radius 2 is 2.14 bits per heavy atom. The van der Waals surface area contributed by atoms with E-state index in [9.17, 15) is 4.79 Å². The number of piperidine rings is 1. The van der Waals surface area contributed by atoms with E-state index in [2.05, 4.69) is 27.5 Å². The van der Waals surface area contributed by atoms with Crippen molar-refractivity contribution in [2.24, 2.45) is 5.92 Å². The number of carbonyl (C=O) groups excluding carboxylic acids is 1. The summed E-state index contributed by atoms with van der Waals surface area (Å²) in [7, 11) is 0. The van der Waals surface area contributed by atoms with Gasteiger partial charge >= 0.3 is 5.97 Å². The molecular formula is C10H18INO2. The summed E-state index contributed by atoms with van der Waals surface area (Å²) in [6, 6.07) is 0. The van der Waals surface area contributed by atoms with E-state index < -0.39 is 0 Å². The molecule has 3 nitrogen and oxygen atoms in total. The van der Waals surface area contributed by atoms with Gasteiger partial charge in [0.25, 0.3) is 0 Å². The number of rotatable bonds is 4. The molecule has 0 aromatic carbocycles. The Morgan fingerprint density at radius 3 is 2.64 bits per heavy atom. The zero-order chi connectivity index (χ0) is 10.4. The van der Waals surface area contributed by atoms with Crippen molar-refractivity contribution in [1.29, 1.82) is 0 Å². The molecule has 14 heavy (non-hydrogen) atoms. The Kier molecular flexibility index (Phi) is 5.77. The normalized spacial score (nSPS) is 19.6. The maximum Gasteiger partial charge on any atom is 0.309 e. The Balaban J connectivity index is 2.24. The van der Waals surface area contributed by atoms with E-state index >= 15 is 0 Å². The van der Waals surface area contributed by atoms with E-state index in [1.165, 1.54) is 4.43 Å². The largest absolute Gasteiger partial charge is 0.466 e. The Hall–Kier alpha value is 0.160. The maximum absolute atomic E-state index is 11.4. The summed E-state index contributed by atoms with van der Waals surface area (Å²) in [6.45, 7) is 5.62. The summed E-state index contributed by atoms with van der Waals surface area (Å²) in [5.41, 5.74) is 0. The number of halogens is 1. The lowest BCUT2D eigenvalue weighted by Crippen LogP contribution is -2.37. The number of esters is 1. The standard InChI is InChI=1S/C10H18INO2/c1-2-14-10(13)9-3-6-12(7-4-9)8-5-11/h9H,2-8H2,1H3. The van der Waals surface area contributed by atoms with E-state index in [0.717, 1.165) is 32.5 Å². The van der Waals surface area contributed by atoms with Gasteiger partial charge in [0.15, 0.2) is 0 Å². The van der Waals surface area contributed by atoms with Crippen LogP contribution in [0.15, 0.2) is 0 Å². The molecule has 0 atom stereocenters. The zero-order valence-corrected chi connectivity index (χ0v) is 10.8. The molecule has 0 spiro atoms. The van der Waals surface area contributed by atoms with Crippen LogP contribution < -0.4 is 0 Å². The van der Waals surface area contributed by atoms with Gasteiger partial charge in [0.1, 0.15) is 0 Å². The van der Waals surface area contributed by atoms with E-state index in [1.54, 1.807) is 0 Å². The predicted octanol–water partition coefficient (Wildman–Crippen LogP) is 1.70. The van der Waals surface area contributed by atoms with Crippen molar-refractivity contribution in [3.63, 3.8) is 0 Å². The second-order valence-corrected chi connectivity index (χ2v) is 4.64. The molecule has 82 valence electrons. The van der Waals surface area contributed by atoms with Crippen LogP contribution in [0.2, 0.25) is 0 Å². The van der Waals surface area contributed by atoms with Crippen LogP contribution in [-0.2, 0) is 9.53 Å². The average molecular weight is 311 g/mol. The fourth-order valence-corrected chi connectivity index (χ4v) is 2.45. The van der Waals surface area contributed by atoms with Crippen molar-refractivity contribution < 1.29 is 9.53 Å². The highest BCUT2D eigenvalue weighted by molar-refractivity contribution is 14.1. The minimum atomic E-state index is 0.00150. The smallest absolute Gasteiger partial charge is 0.309 e. The molecule has 0 bridgehead atoms. The minimum Gasteiger partial charge on any atom is -0.466 e. The molecule has 0 saturated carbocycles. The number of carbonyl (C=O) groups is 1. The molecule has 1 saturated heterocycles. The molecule has 0 aromatic heterocycles. The van der Waals surface area contributed by atoms with Gasteiger partial charge in [-0.25, -0.2) is 0 Å². The number of nitrogens with zero attached hydrogens (tertiary/aromatic N) is 1. The van der Waals surface area contributed by atoms with Crippen LogP contribution in [0.1, 0.15) is 19.8 Å². The molecule has 0 radical (unpaired) electrons. The van der Waals surface area contributed by atoms with Gasteiger partial charge in [-0.05, 0) is 32.9 Å². The number of alkyl halides is 1. The van der Waals surface area contributed by atoms with Gasteiger partial charge in [-0.2, -0.15) is 0 Å². The lowest BCUT2D eigenvalue weighted by molar-refractivity contribution is -0.149. The van der Waals surface area contributed by atoms with Crippen molar-refractivity contribution in [2.45, 2.75) is 19.8 Å². The quantitative estimate of drug-likeness (QED) is 0.450. The maximum atomic E-state index is 11.4. The monoisotopic (exact) mass is 311 g/mol. The third-order valence-corrected chi connectivity index (χ3v) is 3.09. The molecule has 0 aromatic rings. The molecule has 0 aliphatic carbocycles. The molecular weight excluding hydrogens is 293 g/mol. The summed E-state index contributed by atoms with van der Waals surface area (Å²) >= 11 is 2.39. The fraction of sp³-hybridized carbons (Fsp3) is 0.900. The summed E-state index contributed by atoms with van der Waals surface area (Å²) in [5.74, 6) is 0.155. The van der Waals surface area contributed by atoms with Crippen LogP contribution in [0, 0.1) is 5.92 Å². The molecule has 1 rings (SSSR count). The Labute approximate surface area is 99.3 Å². The summed E-state index contributed by atoms with van der Waals surface area (Å²) in [6.07, 6.45) is 1.94. The lowest BCUT2D eigenvalue weighted by Gasteiger charge is -2.30. The van der Waals surface area contributed by atoms with Crippen LogP contribution in [0.3, 0.4) is 0 Å². The molecule has 0 amide bonds. The first kappa shape index (κ1) is 12.2. The highest BCUT2D eigenvalue weighted by atomic mass is 127. The van der Waals surface area contributed by atoms with Gasteiger partial charge in [-0.3, -0.25) is 4.79 Å². The van der Waals surface area contributed by atoms with Gasteiger partial charge in [-0.15, -0.1) is 0 Å². The number of ether oxygens (including phenoxy) is 1. The van der Waals surface area contributed by atoms with Crippen LogP contribution in [0.4, 0.5) is 0 Å². The molecule has 1 fully saturated rings. The highest BCUT2D eigenvalue weighted by Crippen LogP contribution is 2.18. The highest BCUT2D eigenvalue weighted by Gasteiger charge is 2.25. The number of likely N-dealkylation sites (tertiary alicyclic amines) is 1. The van der Waals surface area contributed by atoms with Gasteiger partial charge < -0.3 is 9.64 Å². The second kappa shape index (κ2) is 6.61. The van der Waals surface area contributed by atoms with E-state index in [-0.39, 0.29) is 11.9 Å². The molecule has 4 heteroatoms. The van der Waals surface area contributed by atoms with Crippen LogP contribution >= 0.6 is 22.6 Å². The van der Waals surface area contributed by atoms with Gasteiger partial charge in [0, 0.05) is 11.0 Å². The lowest BCUT2D eigenvalue weighted by atomic mass is 9.97. The summed E-state index contributed by atoms with van der Waals surface area (Å²) in [4.78, 5) is 13.8. The van der Waals surface area contributed by atoms with E-state index in [0.29, 0.717) is 6.61 Å². The second-order valence-electron chi connectivity index (χ2n) is 3.56. The van der Waals surface area contributed by atoms with Crippen LogP contribution in [0.25, 0.3) is 0 Å². The Morgan fingerprint density at radius 1 is 1.50 bits per heavy atom. The third kappa shape index (κ3) is 3.73. The first-order valence-corrected chi connectivity index (χ1v) is 6.75. The molecule has 1 heterocycles. The van der Waals surface area contributed by atoms with Gasteiger partial charge in [0.05, 0.1) is 12.5 Å². The average Bonchev–Trinajstić information content (AvgIpc) is 2.20. The molecule has 1 aliphatic heterocycles. The van der Waals surface area contributed by atoms with Crippen LogP contribution in [0.5, 0.6) is 0 Å². The topological polar surface area (TPSA) is 29.5 Å². The van der Waals surface area contributed by atoms with Crippen molar-refractivity contribution >= 4 is 28.6 Å². The Bertz CT molecular complexity index is 179. The predicted molar refractivity (Wildman–Crippen MR) is 64.7 cm³/mol. The van der Waals surface area contributed by atoms with Crippen LogP contribution in [-0.4, -0.2) is 41.5 Å². The number of hydrogen-bond donors (Lipinski definition) is 0. The third-order valence-electron chi connectivity index (χ3n) is 2.61. The van der Waals surface area contributed by atoms with Crippen molar-refractivity contribution in [3.05, 3.63) is 0 Å². The van der Waals surface area contributed by atoms with E-state index in [4.69, 9.17) is 4.74 Å². The molecule has 0 unspecified atom stereocenters. The molecule has 0 N–H and O–H groups in total. The fourth-order valence-electron chi connectivity index (χ4n) is 1.77. The van der Waals surface area contributed by atoms with Crippen molar-refractivity contribution in [1.82, 2.24) is 4.90 Å². The first-order chi connectivity index (χ1) is 6.77. The van der Waals surface area contributed by atoms with Crippen molar-refractivity contribution in [2.75, 3.05) is 30.7 Å². The zero-order valence-electron chi connectivity index (χ0n) is 8.67. The summed E-state index contributed by atoms with van der Waals surface area (Å²) < 4.78 is 6.19. The van der Waals surface area contributed by atoms with Gasteiger partial charge in [-0.1, -0.05) is 22.6 Å². The van der Waals surface area contributed by atoms with E-state index in [1.807, 2.05) is 6.92 Å². The summed E-state index contributed by atoms with van der Waals surface area (Å²) in [5, 5.41) is 0. The number of hydrogen-bond acceptors (Lipinski definition) is 3. The SMILES string of the molecule is CCOC(=O)C1CCN(CCI)CC1. The van der Waals surface area contributed by atoms with Crippen molar-refractivity contribution in [3.8, 4) is 0 Å². The minimum absolute atomic E-state index is 0.00150. The molecule has 1 aliphatic rings.